The Kier molecular flexibility index (Phi) is 5.06. The number of rotatable bonds is 3. The molecule has 6 heteroatoms. The molecule has 0 saturated carbocycles. The quantitative estimate of drug-likeness (QED) is 0.626. The molecule has 0 unspecified atom stereocenters. The molecule has 1 aromatic carbocycles. The smallest absolute Gasteiger partial charge is 0.155 e. The monoisotopic (exact) mass is 386 g/mol. The van der Waals surface area contributed by atoms with Gasteiger partial charge in [0.2, 0.25) is 0 Å². The second kappa shape index (κ2) is 7.23. The van der Waals surface area contributed by atoms with E-state index in [1.807, 2.05) is 18.2 Å². The minimum absolute atomic E-state index is 0.128. The second-order valence-corrected chi connectivity index (χ2v) is 6.70. The molecule has 2 heterocycles. The van der Waals surface area contributed by atoms with E-state index < -0.39 is 5.41 Å². The van der Waals surface area contributed by atoms with Crippen molar-refractivity contribution < 1.29 is 4.74 Å². The van der Waals surface area contributed by atoms with Crippen LogP contribution >= 0.6 is 15.9 Å². The van der Waals surface area contributed by atoms with Crippen LogP contribution < -0.4 is 5.73 Å². The molecule has 0 radical (unpaired) electrons. The summed E-state index contributed by atoms with van der Waals surface area (Å²) in [6, 6.07) is 11.7. The van der Waals surface area contributed by atoms with Gasteiger partial charge >= 0.3 is 0 Å². The molecule has 1 aliphatic rings. The van der Waals surface area contributed by atoms with Gasteiger partial charge < -0.3 is 10.5 Å². The van der Waals surface area contributed by atoms with Crippen LogP contribution in [0.3, 0.4) is 0 Å². The number of hydrogen-bond donors (Lipinski definition) is 2. The number of amidine groups is 2. The van der Waals surface area contributed by atoms with Crippen molar-refractivity contribution in [3.63, 3.8) is 0 Å². The molecule has 2 aromatic rings. The Morgan fingerprint density at radius 3 is 2.54 bits per heavy atom. The van der Waals surface area contributed by atoms with Crippen molar-refractivity contribution in [2.45, 2.75) is 18.3 Å². The van der Waals surface area contributed by atoms with Gasteiger partial charge in [-0.25, -0.2) is 4.99 Å². The molecule has 1 saturated heterocycles. The Morgan fingerprint density at radius 2 is 1.92 bits per heavy atom. The Labute approximate surface area is 149 Å². The van der Waals surface area contributed by atoms with Crippen LogP contribution in [0.5, 0.6) is 0 Å². The van der Waals surface area contributed by atoms with Crippen LogP contribution in [0, 0.1) is 5.41 Å². The first-order valence-electron chi connectivity index (χ1n) is 7.79. The first-order chi connectivity index (χ1) is 11.6. The van der Waals surface area contributed by atoms with Crippen molar-refractivity contribution in [3.05, 3.63) is 64.4 Å². The van der Waals surface area contributed by atoms with Gasteiger partial charge in [-0.05, 0) is 42.7 Å². The Morgan fingerprint density at radius 1 is 1.21 bits per heavy atom. The Bertz CT molecular complexity index is 737. The maximum atomic E-state index is 8.22. The lowest BCUT2D eigenvalue weighted by Gasteiger charge is -2.37. The van der Waals surface area contributed by atoms with Crippen molar-refractivity contribution in [2.75, 3.05) is 13.2 Å². The lowest BCUT2D eigenvalue weighted by molar-refractivity contribution is 0.0705. The van der Waals surface area contributed by atoms with E-state index in [2.05, 4.69) is 38.0 Å². The highest BCUT2D eigenvalue weighted by Gasteiger charge is 2.38. The number of aromatic nitrogens is 1. The molecule has 5 nitrogen and oxygen atoms in total. The van der Waals surface area contributed by atoms with Gasteiger partial charge in [-0.3, -0.25) is 10.4 Å². The van der Waals surface area contributed by atoms with Crippen molar-refractivity contribution >= 4 is 27.6 Å². The molecule has 0 bridgehead atoms. The van der Waals surface area contributed by atoms with Gasteiger partial charge in [-0.1, -0.05) is 28.1 Å². The second-order valence-electron chi connectivity index (χ2n) is 5.79. The molecule has 24 heavy (non-hydrogen) atoms. The molecule has 0 aliphatic carbocycles. The van der Waals surface area contributed by atoms with E-state index in [1.165, 1.54) is 0 Å². The molecule has 3 rings (SSSR count). The van der Waals surface area contributed by atoms with E-state index in [0.717, 1.165) is 22.9 Å². The minimum Gasteiger partial charge on any atom is -0.386 e. The molecule has 1 aromatic heterocycles. The summed E-state index contributed by atoms with van der Waals surface area (Å²) in [5.74, 6) is 0.588. The standard InChI is InChI=1S/C18H19BrN4O/c19-15-5-3-14(4-6-15)18(7-10-24-11-8-18)17(21)23-16(20)13-2-1-9-22-12-13/h1-6,9,12H,7-8,10-11H2,(H3,20,21,23). The van der Waals surface area contributed by atoms with E-state index in [1.54, 1.807) is 18.5 Å². The summed E-state index contributed by atoms with van der Waals surface area (Å²) >= 11 is 3.47. The zero-order chi connectivity index (χ0) is 17.0. The van der Waals surface area contributed by atoms with Crippen LogP contribution in [0.25, 0.3) is 0 Å². The summed E-state index contributed by atoms with van der Waals surface area (Å²) < 4.78 is 6.55. The number of halogens is 1. The number of hydrogen-bond acceptors (Lipinski definition) is 3. The zero-order valence-electron chi connectivity index (χ0n) is 13.2. The third-order valence-corrected chi connectivity index (χ3v) is 4.93. The number of ether oxygens (including phenoxy) is 1. The van der Waals surface area contributed by atoms with E-state index in [-0.39, 0.29) is 5.84 Å². The summed E-state index contributed by atoms with van der Waals surface area (Å²) in [5.41, 5.74) is 7.77. The van der Waals surface area contributed by atoms with Crippen LogP contribution in [0.1, 0.15) is 24.0 Å². The largest absolute Gasteiger partial charge is 0.386 e. The van der Waals surface area contributed by atoms with E-state index in [0.29, 0.717) is 24.6 Å². The molecule has 3 N–H and O–H groups in total. The van der Waals surface area contributed by atoms with Gasteiger partial charge in [0.05, 0.1) is 5.41 Å². The Balaban J connectivity index is 1.97. The highest BCUT2D eigenvalue weighted by Crippen LogP contribution is 2.36. The number of nitrogens with one attached hydrogen (secondary N) is 1. The number of aliphatic imine (C=N–C) groups is 1. The van der Waals surface area contributed by atoms with Gasteiger partial charge in [-0.2, -0.15) is 0 Å². The van der Waals surface area contributed by atoms with Crippen LogP contribution in [0.4, 0.5) is 0 Å². The third kappa shape index (κ3) is 3.39. The van der Waals surface area contributed by atoms with Crippen LogP contribution in [-0.4, -0.2) is 29.9 Å². The fourth-order valence-electron chi connectivity index (χ4n) is 2.98. The predicted molar refractivity (Wildman–Crippen MR) is 98.6 cm³/mol. The fourth-order valence-corrected chi connectivity index (χ4v) is 3.24. The molecular formula is C18H19BrN4O. The van der Waals surface area contributed by atoms with Gasteiger partial charge in [0, 0.05) is 35.6 Å². The van der Waals surface area contributed by atoms with Crippen molar-refractivity contribution in [1.82, 2.24) is 4.98 Å². The molecule has 1 fully saturated rings. The van der Waals surface area contributed by atoms with Gasteiger partial charge in [0.1, 0.15) is 5.84 Å². The highest BCUT2D eigenvalue weighted by molar-refractivity contribution is 9.10. The van der Waals surface area contributed by atoms with Crippen molar-refractivity contribution in [2.24, 2.45) is 10.7 Å². The molecule has 1 aliphatic heterocycles. The van der Waals surface area contributed by atoms with Crippen LogP contribution in [-0.2, 0) is 10.2 Å². The minimum atomic E-state index is -0.395. The van der Waals surface area contributed by atoms with Gasteiger partial charge in [0.15, 0.2) is 5.84 Å². The summed E-state index contributed by atoms with van der Waals surface area (Å²) in [6.07, 6.45) is 4.80. The zero-order valence-corrected chi connectivity index (χ0v) is 14.8. The van der Waals surface area contributed by atoms with Crippen molar-refractivity contribution in [1.29, 1.82) is 5.41 Å². The molecule has 0 atom stereocenters. The molecular weight excluding hydrogens is 368 g/mol. The highest BCUT2D eigenvalue weighted by atomic mass is 79.9. The summed E-state index contributed by atoms with van der Waals surface area (Å²) in [4.78, 5) is 8.45. The maximum Gasteiger partial charge on any atom is 0.155 e. The number of benzene rings is 1. The number of nitrogens with two attached hydrogens (primary N) is 1. The lowest BCUT2D eigenvalue weighted by atomic mass is 9.73. The van der Waals surface area contributed by atoms with Crippen LogP contribution in [0.15, 0.2) is 58.3 Å². The van der Waals surface area contributed by atoms with E-state index in [4.69, 9.17) is 15.9 Å². The molecule has 124 valence electrons. The van der Waals surface area contributed by atoms with E-state index >= 15 is 0 Å². The van der Waals surface area contributed by atoms with Crippen molar-refractivity contribution in [3.8, 4) is 0 Å². The van der Waals surface area contributed by atoms with Gasteiger partial charge in [-0.15, -0.1) is 0 Å². The summed E-state index contributed by atoms with van der Waals surface area (Å²) in [6.45, 7) is 1.26. The average Bonchev–Trinajstić information content (AvgIpc) is 2.63. The maximum absolute atomic E-state index is 8.22. The average molecular weight is 387 g/mol. The lowest BCUT2D eigenvalue weighted by Crippen LogP contribution is -2.46. The third-order valence-electron chi connectivity index (χ3n) is 4.40. The SMILES string of the molecule is N=C(N=C(N)C1(c2ccc(Br)cc2)CCOCC1)c1cccnc1. The summed E-state index contributed by atoms with van der Waals surface area (Å²) in [7, 11) is 0. The topological polar surface area (TPSA) is 84.4 Å². The Hall–Kier alpha value is -2.05. The fraction of sp³-hybridized carbons (Fsp3) is 0.278. The first kappa shape index (κ1) is 16.8. The normalized spacial score (nSPS) is 17.5. The summed E-state index contributed by atoms with van der Waals surface area (Å²) in [5, 5.41) is 8.22. The first-order valence-corrected chi connectivity index (χ1v) is 8.58. The predicted octanol–water partition coefficient (Wildman–Crippen LogP) is 3.28. The molecule has 0 amide bonds. The van der Waals surface area contributed by atoms with E-state index in [9.17, 15) is 0 Å². The van der Waals surface area contributed by atoms with Crippen LogP contribution in [0.2, 0.25) is 0 Å². The van der Waals surface area contributed by atoms with Gasteiger partial charge in [0.25, 0.3) is 0 Å². The number of pyridine rings is 1. The molecule has 0 spiro atoms. The number of nitrogens with zero attached hydrogens (tertiary/aromatic N) is 2.